The van der Waals surface area contributed by atoms with E-state index >= 15 is 0 Å². The van der Waals surface area contributed by atoms with Crippen molar-refractivity contribution in [1.82, 2.24) is 9.88 Å². The van der Waals surface area contributed by atoms with Crippen LogP contribution >= 0.6 is 0 Å². The van der Waals surface area contributed by atoms with E-state index in [2.05, 4.69) is 27.7 Å². The number of hydrogen-bond acceptors (Lipinski definition) is 5. The SMILES string of the molecule is CN1CC(Nc2cccc(NN)n2)C1. The van der Waals surface area contributed by atoms with E-state index in [1.165, 1.54) is 0 Å². The van der Waals surface area contributed by atoms with Crippen LogP contribution in [0.3, 0.4) is 0 Å². The molecule has 1 aromatic heterocycles. The minimum atomic E-state index is 0.514. The van der Waals surface area contributed by atoms with Crippen LogP contribution in [0.4, 0.5) is 11.6 Å². The van der Waals surface area contributed by atoms with Gasteiger partial charge in [0.1, 0.15) is 11.6 Å². The second kappa shape index (κ2) is 3.81. The molecule has 0 aliphatic carbocycles. The normalized spacial score (nSPS) is 17.6. The Balaban J connectivity index is 1.95. The average Bonchev–Trinajstić information content (AvgIpc) is 2.16. The highest BCUT2D eigenvalue weighted by Crippen LogP contribution is 2.13. The van der Waals surface area contributed by atoms with Gasteiger partial charge >= 0.3 is 0 Å². The number of aromatic nitrogens is 1. The molecule has 0 bridgehead atoms. The van der Waals surface area contributed by atoms with Crippen LogP contribution in [0.2, 0.25) is 0 Å². The Morgan fingerprint density at radius 3 is 2.79 bits per heavy atom. The summed E-state index contributed by atoms with van der Waals surface area (Å²) in [7, 11) is 2.10. The number of hydrogen-bond donors (Lipinski definition) is 3. The van der Waals surface area contributed by atoms with E-state index in [1.807, 2.05) is 18.2 Å². The Hall–Kier alpha value is -1.33. The molecule has 0 saturated carbocycles. The van der Waals surface area contributed by atoms with Crippen LogP contribution in [0.5, 0.6) is 0 Å². The largest absolute Gasteiger partial charge is 0.365 e. The van der Waals surface area contributed by atoms with Crippen LogP contribution < -0.4 is 16.6 Å². The summed E-state index contributed by atoms with van der Waals surface area (Å²) in [6, 6.07) is 6.21. The fourth-order valence-corrected chi connectivity index (χ4v) is 1.59. The van der Waals surface area contributed by atoms with Crippen LogP contribution in [0, 0.1) is 0 Å². The summed E-state index contributed by atoms with van der Waals surface area (Å²) in [6.45, 7) is 2.14. The Kier molecular flexibility index (Phi) is 2.51. The molecule has 1 aliphatic rings. The van der Waals surface area contributed by atoms with Crippen molar-refractivity contribution in [1.29, 1.82) is 0 Å². The summed E-state index contributed by atoms with van der Waals surface area (Å²) in [5.41, 5.74) is 2.52. The molecule has 0 unspecified atom stereocenters. The highest BCUT2D eigenvalue weighted by Gasteiger charge is 2.22. The zero-order valence-electron chi connectivity index (χ0n) is 8.20. The van der Waals surface area contributed by atoms with Gasteiger partial charge in [-0.1, -0.05) is 6.07 Å². The van der Waals surface area contributed by atoms with E-state index in [4.69, 9.17) is 5.84 Å². The number of likely N-dealkylation sites (tertiary alicyclic amines) is 1. The van der Waals surface area contributed by atoms with Gasteiger partial charge in [-0.3, -0.25) is 0 Å². The molecule has 0 radical (unpaired) electrons. The molecule has 1 fully saturated rings. The van der Waals surface area contributed by atoms with Crippen molar-refractivity contribution in [2.45, 2.75) is 6.04 Å². The standard InChI is InChI=1S/C9H15N5/c1-14-5-7(6-14)11-8-3-2-4-9(12-8)13-10/h2-4,7H,5-6,10H2,1H3,(H2,11,12,13). The highest BCUT2D eigenvalue weighted by molar-refractivity contribution is 5.45. The van der Waals surface area contributed by atoms with Crippen molar-refractivity contribution >= 4 is 11.6 Å². The lowest BCUT2D eigenvalue weighted by atomic mass is 10.1. The number of hydrazine groups is 1. The van der Waals surface area contributed by atoms with Crippen LogP contribution in [-0.4, -0.2) is 36.1 Å². The molecule has 4 N–H and O–H groups in total. The first-order valence-corrected chi connectivity index (χ1v) is 4.66. The number of anilines is 2. The molecule has 76 valence electrons. The molecule has 2 heterocycles. The lowest BCUT2D eigenvalue weighted by Crippen LogP contribution is -2.52. The fourth-order valence-electron chi connectivity index (χ4n) is 1.59. The maximum atomic E-state index is 5.27. The Morgan fingerprint density at radius 2 is 2.14 bits per heavy atom. The smallest absolute Gasteiger partial charge is 0.142 e. The number of nitrogens with two attached hydrogens (primary N) is 1. The van der Waals surface area contributed by atoms with Gasteiger partial charge in [0.15, 0.2) is 0 Å². The first-order valence-electron chi connectivity index (χ1n) is 4.66. The second-order valence-electron chi connectivity index (χ2n) is 3.61. The predicted octanol–water partition coefficient (Wildman–Crippen LogP) is 0.0931. The van der Waals surface area contributed by atoms with E-state index in [0.29, 0.717) is 11.9 Å². The predicted molar refractivity (Wildman–Crippen MR) is 57.0 cm³/mol. The molecule has 1 aromatic rings. The minimum absolute atomic E-state index is 0.514. The number of nitrogen functional groups attached to an aromatic ring is 1. The van der Waals surface area contributed by atoms with Gasteiger partial charge in [-0.2, -0.15) is 0 Å². The summed E-state index contributed by atoms with van der Waals surface area (Å²) in [5.74, 6) is 6.83. The number of nitrogens with zero attached hydrogens (tertiary/aromatic N) is 2. The maximum Gasteiger partial charge on any atom is 0.142 e. The first-order chi connectivity index (χ1) is 6.78. The van der Waals surface area contributed by atoms with Crippen molar-refractivity contribution in [3.05, 3.63) is 18.2 Å². The number of nitrogens with one attached hydrogen (secondary N) is 2. The van der Waals surface area contributed by atoms with E-state index in [-0.39, 0.29) is 0 Å². The summed E-state index contributed by atoms with van der Waals surface area (Å²) < 4.78 is 0. The molecule has 0 atom stereocenters. The third kappa shape index (κ3) is 1.94. The van der Waals surface area contributed by atoms with Crippen LogP contribution in [0.25, 0.3) is 0 Å². The van der Waals surface area contributed by atoms with Crippen molar-refractivity contribution in [3.8, 4) is 0 Å². The second-order valence-corrected chi connectivity index (χ2v) is 3.61. The highest BCUT2D eigenvalue weighted by atomic mass is 15.3. The zero-order chi connectivity index (χ0) is 9.97. The third-order valence-electron chi connectivity index (χ3n) is 2.31. The lowest BCUT2D eigenvalue weighted by molar-refractivity contribution is 0.205. The molecule has 14 heavy (non-hydrogen) atoms. The molecule has 0 amide bonds. The van der Waals surface area contributed by atoms with Gasteiger partial charge in [0.2, 0.25) is 0 Å². The van der Waals surface area contributed by atoms with Crippen LogP contribution in [0.1, 0.15) is 0 Å². The summed E-state index contributed by atoms with van der Waals surface area (Å²) in [5, 5.41) is 3.34. The Labute approximate surface area is 83.3 Å². The molecule has 5 nitrogen and oxygen atoms in total. The van der Waals surface area contributed by atoms with Crippen LogP contribution in [0.15, 0.2) is 18.2 Å². The maximum absolute atomic E-state index is 5.27. The Bertz CT molecular complexity index is 308. The number of likely N-dealkylation sites (N-methyl/N-ethyl adjacent to an activating group) is 1. The van der Waals surface area contributed by atoms with Gasteiger partial charge in [0, 0.05) is 13.1 Å². The van der Waals surface area contributed by atoms with Crippen molar-refractivity contribution in [2.75, 3.05) is 30.9 Å². The molecule has 2 rings (SSSR count). The van der Waals surface area contributed by atoms with E-state index in [1.54, 1.807) is 0 Å². The van der Waals surface area contributed by atoms with Gasteiger partial charge in [0.25, 0.3) is 0 Å². The molecule has 5 heteroatoms. The lowest BCUT2D eigenvalue weighted by Gasteiger charge is -2.36. The first kappa shape index (κ1) is 9.23. The zero-order valence-corrected chi connectivity index (χ0v) is 8.20. The number of rotatable bonds is 3. The average molecular weight is 193 g/mol. The van der Waals surface area contributed by atoms with Crippen molar-refractivity contribution in [2.24, 2.45) is 5.84 Å². The molecule has 0 spiro atoms. The Morgan fingerprint density at radius 1 is 1.43 bits per heavy atom. The molecular formula is C9H15N5. The number of pyridine rings is 1. The summed E-state index contributed by atoms with van der Waals surface area (Å²) in [6.07, 6.45) is 0. The summed E-state index contributed by atoms with van der Waals surface area (Å²) >= 11 is 0. The quantitative estimate of drug-likeness (QED) is 0.469. The van der Waals surface area contributed by atoms with Crippen molar-refractivity contribution < 1.29 is 0 Å². The molecule has 0 aromatic carbocycles. The molecule has 1 saturated heterocycles. The van der Waals surface area contributed by atoms with Crippen LogP contribution in [-0.2, 0) is 0 Å². The monoisotopic (exact) mass is 193 g/mol. The van der Waals surface area contributed by atoms with Gasteiger partial charge in [0.05, 0.1) is 6.04 Å². The van der Waals surface area contributed by atoms with Crippen molar-refractivity contribution in [3.63, 3.8) is 0 Å². The topological polar surface area (TPSA) is 66.2 Å². The molecule has 1 aliphatic heterocycles. The molecular weight excluding hydrogens is 178 g/mol. The fraction of sp³-hybridized carbons (Fsp3) is 0.444. The third-order valence-corrected chi connectivity index (χ3v) is 2.31. The van der Waals surface area contributed by atoms with Gasteiger partial charge in [-0.05, 0) is 19.2 Å². The van der Waals surface area contributed by atoms with Gasteiger partial charge < -0.3 is 15.6 Å². The van der Waals surface area contributed by atoms with E-state index < -0.39 is 0 Å². The van der Waals surface area contributed by atoms with E-state index in [9.17, 15) is 0 Å². The van der Waals surface area contributed by atoms with E-state index in [0.717, 1.165) is 18.9 Å². The minimum Gasteiger partial charge on any atom is -0.365 e. The summed E-state index contributed by atoms with van der Waals surface area (Å²) in [4.78, 5) is 6.53. The van der Waals surface area contributed by atoms with Gasteiger partial charge in [-0.25, -0.2) is 10.8 Å². The van der Waals surface area contributed by atoms with Gasteiger partial charge in [-0.15, -0.1) is 0 Å².